The van der Waals surface area contributed by atoms with Gasteiger partial charge in [-0.1, -0.05) is 0 Å². The molecule has 0 saturated carbocycles. The summed E-state index contributed by atoms with van der Waals surface area (Å²) in [6.07, 6.45) is -1.14. The summed E-state index contributed by atoms with van der Waals surface area (Å²) in [7, 11) is 1.48. The van der Waals surface area contributed by atoms with Crippen molar-refractivity contribution in [2.75, 3.05) is 0 Å². The molecule has 0 amide bonds. The Hall–Kier alpha value is -1.83. The van der Waals surface area contributed by atoms with Gasteiger partial charge in [0.15, 0.2) is 5.69 Å². The number of rotatable bonds is 5. The van der Waals surface area contributed by atoms with Gasteiger partial charge < -0.3 is 5.32 Å². The van der Waals surface area contributed by atoms with E-state index in [9.17, 15) is 13.2 Å². The Morgan fingerprint density at radius 3 is 2.38 bits per heavy atom. The van der Waals surface area contributed by atoms with Gasteiger partial charge in [0.2, 0.25) is 0 Å². The molecule has 8 heteroatoms. The second-order valence-corrected chi connectivity index (χ2v) is 4.87. The zero-order chi connectivity index (χ0) is 15.6. The Bertz CT molecular complexity index is 612. The highest BCUT2D eigenvalue weighted by molar-refractivity contribution is 5.20. The van der Waals surface area contributed by atoms with E-state index < -0.39 is 11.9 Å². The zero-order valence-corrected chi connectivity index (χ0v) is 12.2. The van der Waals surface area contributed by atoms with Gasteiger partial charge in [-0.25, -0.2) is 0 Å². The van der Waals surface area contributed by atoms with Crippen LogP contribution >= 0.6 is 0 Å². The highest BCUT2D eigenvalue weighted by Gasteiger charge is 2.36. The molecule has 2 aromatic rings. The first kappa shape index (κ1) is 15.6. The second-order valence-electron chi connectivity index (χ2n) is 4.87. The molecule has 0 aliphatic rings. The number of alkyl halides is 3. The number of halogens is 3. The molecule has 2 aromatic heterocycles. The fourth-order valence-corrected chi connectivity index (χ4v) is 2.13. The summed E-state index contributed by atoms with van der Waals surface area (Å²) in [6, 6.07) is 0. The molecule has 1 N–H and O–H groups in total. The number of hydrogen-bond donors (Lipinski definition) is 1. The first-order valence-electron chi connectivity index (χ1n) is 6.64. The van der Waals surface area contributed by atoms with Crippen LogP contribution in [0.25, 0.3) is 0 Å². The summed E-state index contributed by atoms with van der Waals surface area (Å²) >= 11 is 0. The molecule has 0 aliphatic carbocycles. The van der Waals surface area contributed by atoms with E-state index in [2.05, 4.69) is 15.5 Å². The Morgan fingerprint density at radius 2 is 1.81 bits per heavy atom. The molecule has 0 saturated heterocycles. The highest BCUT2D eigenvalue weighted by Crippen LogP contribution is 2.30. The molecule has 2 rings (SSSR count). The van der Waals surface area contributed by atoms with Crippen LogP contribution in [0.1, 0.15) is 29.4 Å². The summed E-state index contributed by atoms with van der Waals surface area (Å²) in [5, 5.41) is 10.8. The Balaban J connectivity index is 2.02. The average molecular weight is 301 g/mol. The maximum atomic E-state index is 12.8. The van der Waals surface area contributed by atoms with Crippen LogP contribution in [0, 0.1) is 6.92 Å². The molecule has 0 radical (unpaired) electrons. The lowest BCUT2D eigenvalue weighted by molar-refractivity contribution is -0.142. The Labute approximate surface area is 120 Å². The van der Waals surface area contributed by atoms with Crippen LogP contribution < -0.4 is 5.32 Å². The van der Waals surface area contributed by atoms with Crippen LogP contribution in [0.15, 0.2) is 12.4 Å². The number of hydrogen-bond acceptors (Lipinski definition) is 3. The van der Waals surface area contributed by atoms with Gasteiger partial charge in [0.05, 0.1) is 5.69 Å². The van der Waals surface area contributed by atoms with Crippen molar-refractivity contribution in [3.05, 3.63) is 34.9 Å². The summed E-state index contributed by atoms with van der Waals surface area (Å²) in [5.74, 6) is 0. The van der Waals surface area contributed by atoms with Crippen molar-refractivity contribution in [3.8, 4) is 0 Å². The fourth-order valence-electron chi connectivity index (χ4n) is 2.13. The molecule has 5 nitrogen and oxygen atoms in total. The third-order valence-corrected chi connectivity index (χ3v) is 3.18. The summed E-state index contributed by atoms with van der Waals surface area (Å²) in [5.41, 5.74) is 1.17. The molecule has 0 bridgehead atoms. The minimum absolute atomic E-state index is 0.111. The molecule has 0 unspecified atom stereocenters. The van der Waals surface area contributed by atoms with Gasteiger partial charge >= 0.3 is 6.18 Å². The lowest BCUT2D eigenvalue weighted by Gasteiger charge is -2.07. The van der Waals surface area contributed by atoms with Crippen LogP contribution in [-0.2, 0) is 32.9 Å². The topological polar surface area (TPSA) is 47.7 Å². The number of nitrogens with one attached hydrogen (secondary N) is 1. The van der Waals surface area contributed by atoms with Gasteiger partial charge in [-0.2, -0.15) is 23.4 Å². The SMILES string of the molecule is CCn1cc(CNCc2cn(C)nc2C(F)(F)F)c(C)n1. The standard InChI is InChI=1S/C13H18F3N5/c1-4-21-8-10(9(2)18-21)5-17-6-11-7-20(3)19-12(11)13(14,15)16/h7-8,17H,4-6H2,1-3H3. The second kappa shape index (κ2) is 5.88. The van der Waals surface area contributed by atoms with E-state index >= 15 is 0 Å². The predicted octanol–water partition coefficient (Wildman–Crippen LogP) is 2.25. The van der Waals surface area contributed by atoms with Gasteiger partial charge in [-0.05, 0) is 13.8 Å². The fraction of sp³-hybridized carbons (Fsp3) is 0.538. The maximum absolute atomic E-state index is 12.8. The largest absolute Gasteiger partial charge is 0.435 e. The highest BCUT2D eigenvalue weighted by atomic mass is 19.4. The summed E-state index contributed by atoms with van der Waals surface area (Å²) < 4.78 is 41.4. The minimum Gasteiger partial charge on any atom is -0.308 e. The quantitative estimate of drug-likeness (QED) is 0.921. The van der Waals surface area contributed by atoms with E-state index in [1.165, 1.54) is 17.9 Å². The minimum atomic E-state index is -4.43. The van der Waals surface area contributed by atoms with Crippen LogP contribution in [-0.4, -0.2) is 19.6 Å². The zero-order valence-electron chi connectivity index (χ0n) is 12.2. The van der Waals surface area contributed by atoms with Crippen LogP contribution in [0.4, 0.5) is 13.2 Å². The third kappa shape index (κ3) is 3.63. The molecule has 0 aliphatic heterocycles. The number of aromatic nitrogens is 4. The van der Waals surface area contributed by atoms with Crippen molar-refractivity contribution in [1.29, 1.82) is 0 Å². The molecule has 0 aromatic carbocycles. The van der Waals surface area contributed by atoms with E-state index in [1.807, 2.05) is 20.0 Å². The van der Waals surface area contributed by atoms with Gasteiger partial charge in [0.1, 0.15) is 0 Å². The smallest absolute Gasteiger partial charge is 0.308 e. The number of nitrogens with zero attached hydrogens (tertiary/aromatic N) is 4. The normalized spacial score (nSPS) is 12.1. The van der Waals surface area contributed by atoms with E-state index in [-0.39, 0.29) is 12.1 Å². The molecule has 21 heavy (non-hydrogen) atoms. The molecule has 0 atom stereocenters. The van der Waals surface area contributed by atoms with Crippen molar-refractivity contribution in [1.82, 2.24) is 24.9 Å². The van der Waals surface area contributed by atoms with E-state index in [4.69, 9.17) is 0 Å². The lowest BCUT2D eigenvalue weighted by atomic mass is 10.2. The van der Waals surface area contributed by atoms with Gasteiger partial charge in [-0.3, -0.25) is 9.36 Å². The van der Waals surface area contributed by atoms with Crippen LogP contribution in [0.3, 0.4) is 0 Å². The van der Waals surface area contributed by atoms with E-state index in [1.54, 1.807) is 4.68 Å². The van der Waals surface area contributed by atoms with Gasteiger partial charge in [0, 0.05) is 50.2 Å². The molecule has 116 valence electrons. The first-order chi connectivity index (χ1) is 9.81. The van der Waals surface area contributed by atoms with Crippen molar-refractivity contribution < 1.29 is 13.2 Å². The van der Waals surface area contributed by atoms with Crippen molar-refractivity contribution in [2.45, 2.75) is 39.7 Å². The first-order valence-corrected chi connectivity index (χ1v) is 6.64. The maximum Gasteiger partial charge on any atom is 0.435 e. The summed E-state index contributed by atoms with van der Waals surface area (Å²) in [6.45, 7) is 5.21. The average Bonchev–Trinajstić information content (AvgIpc) is 2.93. The summed E-state index contributed by atoms with van der Waals surface area (Å²) in [4.78, 5) is 0. The van der Waals surface area contributed by atoms with Crippen molar-refractivity contribution >= 4 is 0 Å². The Morgan fingerprint density at radius 1 is 1.14 bits per heavy atom. The third-order valence-electron chi connectivity index (χ3n) is 3.18. The van der Waals surface area contributed by atoms with Crippen LogP contribution in [0.5, 0.6) is 0 Å². The van der Waals surface area contributed by atoms with Crippen molar-refractivity contribution in [3.63, 3.8) is 0 Å². The molecule has 0 spiro atoms. The van der Waals surface area contributed by atoms with E-state index in [0.717, 1.165) is 17.8 Å². The lowest BCUT2D eigenvalue weighted by Crippen LogP contribution is -2.16. The van der Waals surface area contributed by atoms with E-state index in [0.29, 0.717) is 6.54 Å². The predicted molar refractivity (Wildman–Crippen MR) is 71.4 cm³/mol. The van der Waals surface area contributed by atoms with Crippen molar-refractivity contribution in [2.24, 2.45) is 7.05 Å². The molecular weight excluding hydrogens is 283 g/mol. The monoisotopic (exact) mass is 301 g/mol. The van der Waals surface area contributed by atoms with Gasteiger partial charge in [-0.15, -0.1) is 0 Å². The Kier molecular flexibility index (Phi) is 4.36. The van der Waals surface area contributed by atoms with Gasteiger partial charge in [0.25, 0.3) is 0 Å². The molecule has 0 fully saturated rings. The number of aryl methyl sites for hydroxylation is 3. The molecule has 2 heterocycles. The van der Waals surface area contributed by atoms with Crippen LogP contribution in [0.2, 0.25) is 0 Å². The molecular formula is C13H18F3N5.